The van der Waals surface area contributed by atoms with Gasteiger partial charge in [0.05, 0.1) is 13.7 Å². The Labute approximate surface area is 76.2 Å². The van der Waals surface area contributed by atoms with Crippen LogP contribution in [0.4, 0.5) is 4.48 Å². The third-order valence-corrected chi connectivity index (χ3v) is 2.09. The number of nitrogens with zero attached hydrogens (tertiary/aromatic N) is 1. The molecule has 1 aliphatic heterocycles. The first-order valence-electron chi connectivity index (χ1n) is 4.07. The molecule has 0 radical (unpaired) electrons. The van der Waals surface area contributed by atoms with Gasteiger partial charge in [-0.3, -0.25) is 0 Å². The van der Waals surface area contributed by atoms with Gasteiger partial charge in [-0.25, -0.2) is 5.12 Å². The molecular formula is C10H10FNO. The zero-order chi connectivity index (χ0) is 9.26. The Morgan fingerprint density at radius 3 is 3.08 bits per heavy atom. The van der Waals surface area contributed by atoms with Crippen molar-refractivity contribution in [3.8, 4) is 5.75 Å². The summed E-state index contributed by atoms with van der Waals surface area (Å²) in [6.07, 6.45) is 3.16. The van der Waals surface area contributed by atoms with Crippen LogP contribution in [0.25, 0.3) is 6.08 Å². The van der Waals surface area contributed by atoms with Crippen LogP contribution in [0.2, 0.25) is 0 Å². The maximum absolute atomic E-state index is 12.8. The summed E-state index contributed by atoms with van der Waals surface area (Å²) < 4.78 is 17.8. The van der Waals surface area contributed by atoms with E-state index in [1.807, 2.05) is 18.2 Å². The van der Waals surface area contributed by atoms with Gasteiger partial charge in [-0.2, -0.15) is 0 Å². The molecule has 0 saturated carbocycles. The summed E-state index contributed by atoms with van der Waals surface area (Å²) >= 11 is 0. The summed E-state index contributed by atoms with van der Waals surface area (Å²) in [5.41, 5.74) is 2.00. The molecule has 0 fully saturated rings. The average molecular weight is 179 g/mol. The molecule has 2 nitrogen and oxygen atoms in total. The Balaban J connectivity index is 2.40. The van der Waals surface area contributed by atoms with Crippen LogP contribution < -0.4 is 4.74 Å². The van der Waals surface area contributed by atoms with Crippen molar-refractivity contribution in [3.05, 3.63) is 35.5 Å². The van der Waals surface area contributed by atoms with E-state index in [0.29, 0.717) is 11.7 Å². The van der Waals surface area contributed by atoms with Gasteiger partial charge in [0.2, 0.25) is 0 Å². The van der Waals surface area contributed by atoms with E-state index in [-0.39, 0.29) is 0 Å². The number of methoxy groups -OCH3 is 1. The van der Waals surface area contributed by atoms with Gasteiger partial charge in [-0.05, 0) is 29.3 Å². The Bertz CT molecular complexity index is 349. The van der Waals surface area contributed by atoms with Crippen molar-refractivity contribution < 1.29 is 9.22 Å². The summed E-state index contributed by atoms with van der Waals surface area (Å²) in [4.78, 5) is 0. The molecule has 0 aliphatic carbocycles. The standard InChI is InChI=1S/C10H10FNO/c1-13-10-3-2-9-7-12(11)5-4-8(9)6-10/h2-6H,7H2,1H3. The average Bonchev–Trinajstić information content (AvgIpc) is 2.17. The van der Waals surface area contributed by atoms with Crippen molar-refractivity contribution in [3.63, 3.8) is 0 Å². The van der Waals surface area contributed by atoms with Crippen LogP contribution in [0.5, 0.6) is 5.75 Å². The van der Waals surface area contributed by atoms with Gasteiger partial charge in [-0.1, -0.05) is 6.07 Å². The lowest BCUT2D eigenvalue weighted by atomic mass is 10.1. The van der Waals surface area contributed by atoms with Gasteiger partial charge in [0.25, 0.3) is 0 Å². The summed E-state index contributed by atoms with van der Waals surface area (Å²) in [6, 6.07) is 5.62. The summed E-state index contributed by atoms with van der Waals surface area (Å²) in [7, 11) is 1.62. The first kappa shape index (κ1) is 8.10. The topological polar surface area (TPSA) is 12.5 Å². The minimum absolute atomic E-state index is 0.315. The van der Waals surface area contributed by atoms with E-state index in [0.717, 1.165) is 16.9 Å². The second-order valence-electron chi connectivity index (χ2n) is 2.94. The molecule has 2 rings (SSSR count). The molecule has 68 valence electrons. The van der Waals surface area contributed by atoms with Crippen LogP contribution in [0.3, 0.4) is 0 Å². The predicted molar refractivity (Wildman–Crippen MR) is 48.7 cm³/mol. The lowest BCUT2D eigenvalue weighted by molar-refractivity contribution is 0.0793. The zero-order valence-corrected chi connectivity index (χ0v) is 7.33. The monoisotopic (exact) mass is 179 g/mol. The number of rotatable bonds is 1. The highest BCUT2D eigenvalue weighted by atomic mass is 19.2. The maximum Gasteiger partial charge on any atom is 0.119 e. The Morgan fingerprint density at radius 2 is 2.31 bits per heavy atom. The maximum atomic E-state index is 12.8. The molecule has 13 heavy (non-hydrogen) atoms. The van der Waals surface area contributed by atoms with Crippen molar-refractivity contribution in [2.75, 3.05) is 7.11 Å². The van der Waals surface area contributed by atoms with Crippen LogP contribution >= 0.6 is 0 Å². The van der Waals surface area contributed by atoms with Crippen molar-refractivity contribution in [2.45, 2.75) is 6.54 Å². The second-order valence-corrected chi connectivity index (χ2v) is 2.94. The summed E-state index contributed by atoms with van der Waals surface area (Å²) in [5, 5.41) is 0.662. The van der Waals surface area contributed by atoms with E-state index in [2.05, 4.69) is 0 Å². The lowest BCUT2D eigenvalue weighted by Crippen LogP contribution is -2.09. The summed E-state index contributed by atoms with van der Waals surface area (Å²) in [5.74, 6) is 0.802. The second kappa shape index (κ2) is 3.09. The SMILES string of the molecule is COc1ccc2c(c1)C=CN(F)C2. The van der Waals surface area contributed by atoms with Crippen molar-refractivity contribution in [2.24, 2.45) is 0 Å². The molecule has 1 heterocycles. The third-order valence-electron chi connectivity index (χ3n) is 2.09. The van der Waals surface area contributed by atoms with E-state index in [1.165, 1.54) is 6.20 Å². The Kier molecular flexibility index (Phi) is 1.93. The van der Waals surface area contributed by atoms with Gasteiger partial charge in [0.1, 0.15) is 5.75 Å². The molecule has 0 N–H and O–H groups in total. The molecule has 0 amide bonds. The van der Waals surface area contributed by atoms with Gasteiger partial charge in [0, 0.05) is 6.20 Å². The number of benzene rings is 1. The number of halogens is 1. The van der Waals surface area contributed by atoms with Crippen molar-refractivity contribution in [1.82, 2.24) is 5.12 Å². The fourth-order valence-electron chi connectivity index (χ4n) is 1.38. The molecule has 0 unspecified atom stereocenters. The summed E-state index contributed by atoms with van der Waals surface area (Å²) in [6.45, 7) is 0.315. The number of ether oxygens (including phenoxy) is 1. The molecule has 1 aromatic rings. The first-order chi connectivity index (χ1) is 6.29. The third kappa shape index (κ3) is 1.49. The van der Waals surface area contributed by atoms with Gasteiger partial charge >= 0.3 is 0 Å². The van der Waals surface area contributed by atoms with E-state index in [9.17, 15) is 4.48 Å². The fraction of sp³-hybridized carbons (Fsp3) is 0.200. The highest BCUT2D eigenvalue weighted by Crippen LogP contribution is 2.24. The quantitative estimate of drug-likeness (QED) is 0.613. The Morgan fingerprint density at radius 1 is 1.46 bits per heavy atom. The van der Waals surface area contributed by atoms with Gasteiger partial charge in [-0.15, -0.1) is 4.48 Å². The number of hydrogen-bond acceptors (Lipinski definition) is 2. The zero-order valence-electron chi connectivity index (χ0n) is 7.33. The Hall–Kier alpha value is -1.51. The molecular weight excluding hydrogens is 169 g/mol. The van der Waals surface area contributed by atoms with E-state index in [4.69, 9.17) is 4.74 Å². The van der Waals surface area contributed by atoms with Crippen LogP contribution in [-0.2, 0) is 6.54 Å². The fourth-order valence-corrected chi connectivity index (χ4v) is 1.38. The molecule has 1 aliphatic rings. The van der Waals surface area contributed by atoms with E-state index < -0.39 is 0 Å². The minimum Gasteiger partial charge on any atom is -0.497 e. The van der Waals surface area contributed by atoms with Gasteiger partial charge < -0.3 is 4.74 Å². The minimum atomic E-state index is 0.315. The molecule has 1 aromatic carbocycles. The highest BCUT2D eigenvalue weighted by Gasteiger charge is 2.09. The molecule has 0 saturated heterocycles. The predicted octanol–water partition coefficient (Wildman–Crippen LogP) is 2.37. The smallest absolute Gasteiger partial charge is 0.119 e. The number of hydrogen-bond donors (Lipinski definition) is 0. The van der Waals surface area contributed by atoms with Crippen LogP contribution in [-0.4, -0.2) is 12.2 Å². The van der Waals surface area contributed by atoms with Gasteiger partial charge in [0.15, 0.2) is 0 Å². The molecule has 0 bridgehead atoms. The van der Waals surface area contributed by atoms with Crippen LogP contribution in [0.15, 0.2) is 24.4 Å². The van der Waals surface area contributed by atoms with E-state index >= 15 is 0 Å². The molecule has 0 spiro atoms. The largest absolute Gasteiger partial charge is 0.497 e. The molecule has 3 heteroatoms. The normalized spacial score (nSPS) is 14.2. The van der Waals surface area contributed by atoms with Crippen LogP contribution in [0, 0.1) is 0 Å². The lowest BCUT2D eigenvalue weighted by Gasteiger charge is -2.16. The molecule has 0 atom stereocenters. The highest BCUT2D eigenvalue weighted by molar-refractivity contribution is 5.57. The van der Waals surface area contributed by atoms with Crippen LogP contribution in [0.1, 0.15) is 11.1 Å². The first-order valence-corrected chi connectivity index (χ1v) is 4.07. The van der Waals surface area contributed by atoms with Crippen molar-refractivity contribution in [1.29, 1.82) is 0 Å². The van der Waals surface area contributed by atoms with E-state index in [1.54, 1.807) is 13.2 Å². The number of fused-ring (bicyclic) bond motifs is 1. The van der Waals surface area contributed by atoms with Crippen molar-refractivity contribution >= 4 is 6.08 Å². The molecule has 0 aromatic heterocycles.